The molecule has 0 aliphatic carbocycles. The normalized spacial score (nSPS) is 13.7. The van der Waals surface area contributed by atoms with Gasteiger partial charge >= 0.3 is 11.9 Å². The van der Waals surface area contributed by atoms with Crippen molar-refractivity contribution in [3.05, 3.63) is 0 Å². The number of amides is 3. The van der Waals surface area contributed by atoms with E-state index in [1.807, 2.05) is 0 Å². The van der Waals surface area contributed by atoms with Crippen LogP contribution in [0.25, 0.3) is 0 Å². The summed E-state index contributed by atoms with van der Waals surface area (Å²) in [5, 5.41) is 25.8. The Labute approximate surface area is 226 Å². The Morgan fingerprint density at radius 2 is 1.18 bits per heavy atom. The second-order valence-corrected chi connectivity index (χ2v) is 9.13. The SMILES string of the molecule is CC(C)C(NC(=O)C(CCCN=C(N)N)NC(=O)C(CCC(=O)O)NC(=O)C(N)CCCN=C(N)N)C(=O)O. The number of aliphatic carboxylic acids is 2. The molecule has 0 saturated heterocycles. The molecule has 0 aromatic carbocycles. The number of rotatable bonds is 19. The van der Waals surface area contributed by atoms with Crippen LogP contribution in [-0.4, -0.2) is 89.0 Å². The van der Waals surface area contributed by atoms with Crippen LogP contribution in [0.3, 0.4) is 0 Å². The van der Waals surface area contributed by atoms with Crippen LogP contribution in [0, 0.1) is 5.92 Å². The predicted molar refractivity (Wildman–Crippen MR) is 143 cm³/mol. The lowest BCUT2D eigenvalue weighted by Crippen LogP contribution is -2.57. The fourth-order valence-corrected chi connectivity index (χ4v) is 3.28. The van der Waals surface area contributed by atoms with Gasteiger partial charge in [0.25, 0.3) is 0 Å². The van der Waals surface area contributed by atoms with Crippen molar-refractivity contribution < 1.29 is 34.2 Å². The molecular weight excluding hydrogens is 516 g/mol. The van der Waals surface area contributed by atoms with Crippen LogP contribution in [0.4, 0.5) is 0 Å². The number of nitrogens with two attached hydrogens (primary N) is 5. The molecule has 4 atom stereocenters. The maximum atomic E-state index is 13.1. The molecule has 0 fully saturated rings. The van der Waals surface area contributed by atoms with Gasteiger partial charge in [0.05, 0.1) is 6.04 Å². The van der Waals surface area contributed by atoms with E-state index >= 15 is 0 Å². The number of hydrogen-bond acceptors (Lipinski definition) is 8. The number of carbonyl (C=O) groups is 5. The third kappa shape index (κ3) is 15.6. The van der Waals surface area contributed by atoms with E-state index < -0.39 is 66.2 Å². The highest BCUT2D eigenvalue weighted by Crippen LogP contribution is 2.07. The highest BCUT2D eigenvalue weighted by Gasteiger charge is 2.31. The van der Waals surface area contributed by atoms with Crippen molar-refractivity contribution in [1.82, 2.24) is 16.0 Å². The molecule has 17 nitrogen and oxygen atoms in total. The van der Waals surface area contributed by atoms with Crippen molar-refractivity contribution in [1.29, 1.82) is 0 Å². The number of guanidine groups is 2. The number of carboxylic acid groups (broad SMARTS) is 2. The molecule has 0 bridgehead atoms. The lowest BCUT2D eigenvalue weighted by atomic mass is 10.0. The minimum Gasteiger partial charge on any atom is -0.481 e. The number of hydrogen-bond donors (Lipinski definition) is 10. The second kappa shape index (κ2) is 18.2. The Kier molecular flexibility index (Phi) is 16.2. The molecule has 4 unspecified atom stereocenters. The van der Waals surface area contributed by atoms with Gasteiger partial charge in [-0.05, 0) is 38.0 Å². The average Bonchev–Trinajstić information content (AvgIpc) is 2.83. The Bertz CT molecular complexity index is 902. The quantitative estimate of drug-likeness (QED) is 0.0419. The molecule has 0 aromatic heterocycles. The summed E-state index contributed by atoms with van der Waals surface area (Å²) in [5.41, 5.74) is 27.0. The minimum absolute atomic E-state index is 0.0166. The highest BCUT2D eigenvalue weighted by atomic mass is 16.4. The maximum Gasteiger partial charge on any atom is 0.326 e. The Morgan fingerprint density at radius 3 is 1.64 bits per heavy atom. The summed E-state index contributed by atoms with van der Waals surface area (Å²) in [7, 11) is 0. The van der Waals surface area contributed by atoms with Crippen molar-refractivity contribution in [3.63, 3.8) is 0 Å². The zero-order valence-corrected chi connectivity index (χ0v) is 22.3. The number of carbonyl (C=O) groups excluding carboxylic acids is 3. The van der Waals surface area contributed by atoms with Crippen LogP contribution in [-0.2, 0) is 24.0 Å². The monoisotopic (exact) mass is 558 g/mol. The first-order valence-electron chi connectivity index (χ1n) is 12.4. The van der Waals surface area contributed by atoms with E-state index in [1.165, 1.54) is 0 Å². The van der Waals surface area contributed by atoms with Gasteiger partial charge in [0, 0.05) is 19.5 Å². The van der Waals surface area contributed by atoms with Crippen LogP contribution in [0.5, 0.6) is 0 Å². The van der Waals surface area contributed by atoms with Gasteiger partial charge in [-0.25, -0.2) is 4.79 Å². The predicted octanol–water partition coefficient (Wildman–Crippen LogP) is -3.52. The molecule has 15 N–H and O–H groups in total. The van der Waals surface area contributed by atoms with Crippen molar-refractivity contribution in [2.45, 2.75) is 76.5 Å². The molecule has 0 saturated carbocycles. The van der Waals surface area contributed by atoms with Crippen LogP contribution in [0.15, 0.2) is 9.98 Å². The van der Waals surface area contributed by atoms with Crippen LogP contribution in [0.1, 0.15) is 52.4 Å². The third-order valence-electron chi connectivity index (χ3n) is 5.39. The van der Waals surface area contributed by atoms with Gasteiger partial charge < -0.3 is 54.8 Å². The van der Waals surface area contributed by atoms with Crippen molar-refractivity contribution in [2.24, 2.45) is 44.6 Å². The van der Waals surface area contributed by atoms with E-state index in [2.05, 4.69) is 25.9 Å². The van der Waals surface area contributed by atoms with Gasteiger partial charge in [0.15, 0.2) is 11.9 Å². The van der Waals surface area contributed by atoms with Gasteiger partial charge in [-0.2, -0.15) is 0 Å². The Balaban J connectivity index is 5.62. The fourth-order valence-electron chi connectivity index (χ4n) is 3.28. The first kappa shape index (κ1) is 34.9. The summed E-state index contributed by atoms with van der Waals surface area (Å²) >= 11 is 0. The van der Waals surface area contributed by atoms with Gasteiger partial charge in [-0.15, -0.1) is 0 Å². The Hall–Kier alpha value is -4.15. The summed E-state index contributed by atoms with van der Waals surface area (Å²) in [4.78, 5) is 68.9. The van der Waals surface area contributed by atoms with Crippen molar-refractivity contribution in [3.8, 4) is 0 Å². The molecule has 0 heterocycles. The Morgan fingerprint density at radius 1 is 0.718 bits per heavy atom. The number of nitrogens with zero attached hydrogens (tertiary/aromatic N) is 2. The number of nitrogens with one attached hydrogen (secondary N) is 3. The fraction of sp³-hybridized carbons (Fsp3) is 0.682. The van der Waals surface area contributed by atoms with Crippen LogP contribution < -0.4 is 44.6 Å². The third-order valence-corrected chi connectivity index (χ3v) is 5.39. The highest BCUT2D eigenvalue weighted by molar-refractivity contribution is 5.94. The molecule has 0 aliphatic heterocycles. The average molecular weight is 559 g/mol. The molecule has 39 heavy (non-hydrogen) atoms. The second-order valence-electron chi connectivity index (χ2n) is 9.13. The molecule has 0 spiro atoms. The largest absolute Gasteiger partial charge is 0.481 e. The van der Waals surface area contributed by atoms with Crippen LogP contribution >= 0.6 is 0 Å². The molecule has 0 radical (unpaired) electrons. The topological polar surface area (TPSA) is 317 Å². The summed E-state index contributed by atoms with van der Waals surface area (Å²) in [5.74, 6) is -5.56. The summed E-state index contributed by atoms with van der Waals surface area (Å²) < 4.78 is 0. The molecule has 3 amide bonds. The summed E-state index contributed by atoms with van der Waals surface area (Å²) in [6, 6.07) is -4.84. The minimum atomic E-state index is -1.34. The first-order valence-corrected chi connectivity index (χ1v) is 12.4. The van der Waals surface area contributed by atoms with Gasteiger partial charge in [0.1, 0.15) is 18.1 Å². The van der Waals surface area contributed by atoms with E-state index in [4.69, 9.17) is 33.8 Å². The van der Waals surface area contributed by atoms with Crippen molar-refractivity contribution in [2.75, 3.05) is 13.1 Å². The zero-order chi connectivity index (χ0) is 30.1. The van der Waals surface area contributed by atoms with E-state index in [9.17, 15) is 29.1 Å². The summed E-state index contributed by atoms with van der Waals surface area (Å²) in [6.45, 7) is 3.56. The molecular formula is C22H42N10O7. The smallest absolute Gasteiger partial charge is 0.326 e. The van der Waals surface area contributed by atoms with Crippen molar-refractivity contribution >= 4 is 41.6 Å². The zero-order valence-electron chi connectivity index (χ0n) is 22.3. The number of aliphatic imine (C=N–C) groups is 2. The van der Waals surface area contributed by atoms with E-state index in [1.54, 1.807) is 13.8 Å². The molecule has 17 heteroatoms. The van der Waals surface area contributed by atoms with Gasteiger partial charge in [-0.3, -0.25) is 29.2 Å². The standard InChI is InChI=1S/C22H42N10O7/c1-11(2)16(20(38)39)32-19(37)13(6-4-10-29-22(26)27)31-18(36)14(7-8-15(33)34)30-17(35)12(23)5-3-9-28-21(24)25/h11-14,16H,3-10,23H2,1-2H3,(H,30,35)(H,31,36)(H,32,37)(H,33,34)(H,38,39)(H4,24,25,28)(H4,26,27,29). The van der Waals surface area contributed by atoms with E-state index in [0.717, 1.165) is 0 Å². The lowest BCUT2D eigenvalue weighted by Gasteiger charge is -2.26. The van der Waals surface area contributed by atoms with Gasteiger partial charge in [-0.1, -0.05) is 13.8 Å². The molecule has 0 aliphatic rings. The molecule has 222 valence electrons. The molecule has 0 aromatic rings. The first-order chi connectivity index (χ1) is 18.1. The van der Waals surface area contributed by atoms with E-state index in [-0.39, 0.29) is 50.7 Å². The van der Waals surface area contributed by atoms with Gasteiger partial charge in [0.2, 0.25) is 17.7 Å². The lowest BCUT2D eigenvalue weighted by molar-refractivity contribution is -0.143. The van der Waals surface area contributed by atoms with E-state index in [0.29, 0.717) is 6.42 Å². The maximum absolute atomic E-state index is 13.1. The number of carboxylic acids is 2. The summed E-state index contributed by atoms with van der Waals surface area (Å²) in [6.07, 6.45) is 0.0490. The molecule has 0 rings (SSSR count). The van der Waals surface area contributed by atoms with Crippen LogP contribution in [0.2, 0.25) is 0 Å².